The molecule has 2 atom stereocenters. The summed E-state index contributed by atoms with van der Waals surface area (Å²) in [5, 5.41) is 0. The van der Waals surface area contributed by atoms with Gasteiger partial charge in [0.25, 0.3) is 0 Å². The number of hydrogen-bond acceptors (Lipinski definition) is 2. The fourth-order valence-corrected chi connectivity index (χ4v) is 2.12. The summed E-state index contributed by atoms with van der Waals surface area (Å²) in [6.07, 6.45) is 7.42. The van der Waals surface area contributed by atoms with Crippen molar-refractivity contribution in [1.29, 1.82) is 0 Å². The van der Waals surface area contributed by atoms with E-state index in [4.69, 9.17) is 4.74 Å². The first-order valence-corrected chi connectivity index (χ1v) is 4.97. The first-order chi connectivity index (χ1) is 5.90. The van der Waals surface area contributed by atoms with Crippen LogP contribution >= 0.6 is 0 Å². The maximum atomic E-state index is 10.6. The summed E-state index contributed by atoms with van der Waals surface area (Å²) in [5.74, 6) is 1.05. The lowest BCUT2D eigenvalue weighted by molar-refractivity contribution is -0.119. The molecule has 2 aliphatic rings. The standard InChI is InChI=1S/C10H16O2/c11-7-8-4-5-12-10(6-8)9-2-1-3-9/h7-10H,1-6H2/t8-,10-/m1/s1. The van der Waals surface area contributed by atoms with E-state index in [2.05, 4.69) is 0 Å². The Morgan fingerprint density at radius 2 is 2.08 bits per heavy atom. The second kappa shape index (κ2) is 3.56. The normalized spacial score (nSPS) is 37.3. The van der Waals surface area contributed by atoms with Gasteiger partial charge in [0.15, 0.2) is 0 Å². The zero-order valence-corrected chi connectivity index (χ0v) is 7.37. The zero-order chi connectivity index (χ0) is 8.39. The van der Waals surface area contributed by atoms with Crippen LogP contribution in [-0.4, -0.2) is 19.0 Å². The molecule has 1 saturated heterocycles. The summed E-state index contributed by atoms with van der Waals surface area (Å²) in [4.78, 5) is 10.6. The Bertz CT molecular complexity index is 163. The van der Waals surface area contributed by atoms with Crippen LogP contribution in [0.3, 0.4) is 0 Å². The molecule has 1 saturated carbocycles. The fraction of sp³-hybridized carbons (Fsp3) is 0.900. The summed E-state index contributed by atoms with van der Waals surface area (Å²) in [6.45, 7) is 0.796. The maximum absolute atomic E-state index is 10.6. The van der Waals surface area contributed by atoms with Crippen LogP contribution < -0.4 is 0 Å². The van der Waals surface area contributed by atoms with Crippen molar-refractivity contribution in [2.75, 3.05) is 6.61 Å². The Balaban J connectivity index is 1.84. The van der Waals surface area contributed by atoms with Gasteiger partial charge >= 0.3 is 0 Å². The van der Waals surface area contributed by atoms with Crippen LogP contribution in [0.4, 0.5) is 0 Å². The lowest BCUT2D eigenvalue weighted by Gasteiger charge is -2.37. The predicted molar refractivity (Wildman–Crippen MR) is 45.9 cm³/mol. The number of rotatable bonds is 2. The Kier molecular flexibility index (Phi) is 2.45. The van der Waals surface area contributed by atoms with E-state index >= 15 is 0 Å². The number of carbonyl (C=O) groups is 1. The smallest absolute Gasteiger partial charge is 0.123 e. The Labute approximate surface area is 73.3 Å². The van der Waals surface area contributed by atoms with Gasteiger partial charge < -0.3 is 9.53 Å². The molecule has 0 aromatic rings. The van der Waals surface area contributed by atoms with Crippen molar-refractivity contribution >= 4 is 6.29 Å². The Hall–Kier alpha value is -0.370. The van der Waals surface area contributed by atoms with Crippen LogP contribution in [0.2, 0.25) is 0 Å². The predicted octanol–water partition coefficient (Wildman–Crippen LogP) is 1.78. The summed E-state index contributed by atoms with van der Waals surface area (Å²) < 4.78 is 5.66. The van der Waals surface area contributed by atoms with Gasteiger partial charge in [-0.25, -0.2) is 0 Å². The van der Waals surface area contributed by atoms with Gasteiger partial charge in [-0.1, -0.05) is 6.42 Å². The van der Waals surface area contributed by atoms with Crippen LogP contribution in [0, 0.1) is 11.8 Å². The molecule has 1 aliphatic carbocycles. The van der Waals surface area contributed by atoms with Crippen LogP contribution in [-0.2, 0) is 9.53 Å². The van der Waals surface area contributed by atoms with E-state index in [0.717, 1.165) is 31.7 Å². The molecule has 2 fully saturated rings. The third kappa shape index (κ3) is 1.53. The van der Waals surface area contributed by atoms with Crippen molar-refractivity contribution in [2.45, 2.75) is 38.2 Å². The van der Waals surface area contributed by atoms with Gasteiger partial charge in [0, 0.05) is 12.5 Å². The molecule has 12 heavy (non-hydrogen) atoms. The van der Waals surface area contributed by atoms with Gasteiger partial charge in [0.05, 0.1) is 6.10 Å². The molecule has 1 heterocycles. The van der Waals surface area contributed by atoms with Crippen LogP contribution in [0.15, 0.2) is 0 Å². The van der Waals surface area contributed by atoms with Gasteiger partial charge in [-0.05, 0) is 31.6 Å². The average Bonchev–Trinajstić information content (AvgIpc) is 2.02. The summed E-state index contributed by atoms with van der Waals surface area (Å²) in [6, 6.07) is 0. The number of hydrogen-bond donors (Lipinski definition) is 0. The molecule has 0 aromatic carbocycles. The minimum Gasteiger partial charge on any atom is -0.378 e. The van der Waals surface area contributed by atoms with Gasteiger partial charge in [-0.15, -0.1) is 0 Å². The first kappa shape index (κ1) is 8.24. The first-order valence-electron chi connectivity index (χ1n) is 4.97. The lowest BCUT2D eigenvalue weighted by atomic mass is 9.77. The fourth-order valence-electron chi connectivity index (χ4n) is 2.12. The van der Waals surface area contributed by atoms with E-state index in [1.165, 1.54) is 19.3 Å². The van der Waals surface area contributed by atoms with E-state index < -0.39 is 0 Å². The van der Waals surface area contributed by atoms with Gasteiger partial charge in [0.2, 0.25) is 0 Å². The molecule has 2 rings (SSSR count). The third-order valence-corrected chi connectivity index (χ3v) is 3.22. The topological polar surface area (TPSA) is 26.3 Å². The molecular formula is C10H16O2. The molecular weight excluding hydrogens is 152 g/mol. The molecule has 2 heteroatoms. The molecule has 0 bridgehead atoms. The zero-order valence-electron chi connectivity index (χ0n) is 7.37. The van der Waals surface area contributed by atoms with Crippen molar-refractivity contribution in [1.82, 2.24) is 0 Å². The Morgan fingerprint density at radius 3 is 2.67 bits per heavy atom. The highest BCUT2D eigenvalue weighted by molar-refractivity contribution is 5.53. The SMILES string of the molecule is O=C[C@@H]1CCO[C@@H](C2CCC2)C1. The van der Waals surface area contributed by atoms with Crippen molar-refractivity contribution < 1.29 is 9.53 Å². The highest BCUT2D eigenvalue weighted by atomic mass is 16.5. The molecule has 0 aromatic heterocycles. The van der Waals surface area contributed by atoms with Crippen molar-refractivity contribution in [3.05, 3.63) is 0 Å². The van der Waals surface area contributed by atoms with Crippen molar-refractivity contribution in [2.24, 2.45) is 11.8 Å². The number of carbonyl (C=O) groups excluding carboxylic acids is 1. The van der Waals surface area contributed by atoms with Crippen LogP contribution in [0.1, 0.15) is 32.1 Å². The number of aldehydes is 1. The summed E-state index contributed by atoms with van der Waals surface area (Å²) in [5.41, 5.74) is 0. The van der Waals surface area contributed by atoms with Crippen LogP contribution in [0.25, 0.3) is 0 Å². The van der Waals surface area contributed by atoms with Gasteiger partial charge in [0.1, 0.15) is 6.29 Å². The Morgan fingerprint density at radius 1 is 1.25 bits per heavy atom. The summed E-state index contributed by atoms with van der Waals surface area (Å²) >= 11 is 0. The second-order valence-electron chi connectivity index (χ2n) is 4.02. The lowest BCUT2D eigenvalue weighted by Crippen LogP contribution is -2.35. The molecule has 68 valence electrons. The largest absolute Gasteiger partial charge is 0.378 e. The molecule has 0 N–H and O–H groups in total. The number of ether oxygens (including phenoxy) is 1. The average molecular weight is 168 g/mol. The second-order valence-corrected chi connectivity index (χ2v) is 4.02. The van der Waals surface area contributed by atoms with E-state index in [1.54, 1.807) is 0 Å². The molecule has 0 radical (unpaired) electrons. The highest BCUT2D eigenvalue weighted by Crippen LogP contribution is 2.36. The van der Waals surface area contributed by atoms with Crippen molar-refractivity contribution in [3.8, 4) is 0 Å². The molecule has 0 spiro atoms. The van der Waals surface area contributed by atoms with E-state index in [1.807, 2.05) is 0 Å². The molecule has 0 unspecified atom stereocenters. The minimum atomic E-state index is 0.282. The highest BCUT2D eigenvalue weighted by Gasteiger charge is 2.32. The molecule has 2 nitrogen and oxygen atoms in total. The van der Waals surface area contributed by atoms with E-state index in [0.29, 0.717) is 6.10 Å². The quantitative estimate of drug-likeness (QED) is 0.587. The van der Waals surface area contributed by atoms with Crippen molar-refractivity contribution in [3.63, 3.8) is 0 Å². The molecule has 1 aliphatic heterocycles. The monoisotopic (exact) mass is 168 g/mol. The summed E-state index contributed by atoms with van der Waals surface area (Å²) in [7, 11) is 0. The minimum absolute atomic E-state index is 0.282. The van der Waals surface area contributed by atoms with E-state index in [9.17, 15) is 4.79 Å². The molecule has 0 amide bonds. The van der Waals surface area contributed by atoms with E-state index in [-0.39, 0.29) is 5.92 Å². The maximum Gasteiger partial charge on any atom is 0.123 e. The van der Waals surface area contributed by atoms with Gasteiger partial charge in [-0.2, -0.15) is 0 Å². The third-order valence-electron chi connectivity index (χ3n) is 3.22. The van der Waals surface area contributed by atoms with Gasteiger partial charge in [-0.3, -0.25) is 0 Å². The van der Waals surface area contributed by atoms with Crippen LogP contribution in [0.5, 0.6) is 0 Å².